The van der Waals surface area contributed by atoms with Crippen LogP contribution >= 0.6 is 0 Å². The van der Waals surface area contributed by atoms with Crippen molar-refractivity contribution >= 4 is 11.0 Å². The van der Waals surface area contributed by atoms with Gasteiger partial charge in [0.2, 0.25) is 0 Å². The monoisotopic (exact) mass is 296 g/mol. The lowest BCUT2D eigenvalue weighted by Gasteiger charge is -2.30. The van der Waals surface area contributed by atoms with Crippen molar-refractivity contribution in [1.29, 1.82) is 5.26 Å². The van der Waals surface area contributed by atoms with Crippen LogP contribution in [0.15, 0.2) is 24.3 Å². The number of hydrogen-bond acceptors (Lipinski definition) is 3. The van der Waals surface area contributed by atoms with Crippen LogP contribution in [-0.4, -0.2) is 27.5 Å². The standard InChI is InChI=1S/C18H24N4/c1-14(2)17(21-11-5-6-12-21)18-20-15-8-3-4-9-16(15)22(18)13-7-10-19/h3-4,8-9,14,17H,5-7,11-13H2,1-2H3. The number of hydrogen-bond donors (Lipinski definition) is 0. The van der Waals surface area contributed by atoms with Gasteiger partial charge in [-0.05, 0) is 44.0 Å². The first-order valence-electron chi connectivity index (χ1n) is 8.28. The second-order valence-electron chi connectivity index (χ2n) is 6.45. The van der Waals surface area contributed by atoms with E-state index in [1.54, 1.807) is 0 Å². The maximum absolute atomic E-state index is 8.99. The van der Waals surface area contributed by atoms with Crippen LogP contribution < -0.4 is 0 Å². The van der Waals surface area contributed by atoms with Crippen molar-refractivity contribution in [2.45, 2.75) is 45.7 Å². The molecule has 0 saturated carbocycles. The number of fused-ring (bicyclic) bond motifs is 1. The average molecular weight is 296 g/mol. The van der Waals surface area contributed by atoms with Gasteiger partial charge in [0.15, 0.2) is 0 Å². The summed E-state index contributed by atoms with van der Waals surface area (Å²) in [6.07, 6.45) is 3.08. The van der Waals surface area contributed by atoms with E-state index in [0.29, 0.717) is 18.4 Å². The molecule has 2 heterocycles. The van der Waals surface area contributed by atoms with Crippen LogP contribution in [0.5, 0.6) is 0 Å². The highest BCUT2D eigenvalue weighted by Gasteiger charge is 2.30. The van der Waals surface area contributed by atoms with Crippen molar-refractivity contribution in [3.05, 3.63) is 30.1 Å². The summed E-state index contributed by atoms with van der Waals surface area (Å²) in [5.41, 5.74) is 2.19. The SMILES string of the molecule is CC(C)C(c1nc2ccccc2n1CCC#N)N1CCCC1. The van der Waals surface area contributed by atoms with Crippen molar-refractivity contribution in [3.63, 3.8) is 0 Å². The molecule has 4 nitrogen and oxygen atoms in total. The summed E-state index contributed by atoms with van der Waals surface area (Å²) in [4.78, 5) is 7.51. The van der Waals surface area contributed by atoms with E-state index in [0.717, 1.165) is 36.5 Å². The molecule has 1 aliphatic heterocycles. The van der Waals surface area contributed by atoms with E-state index in [1.807, 2.05) is 6.07 Å². The van der Waals surface area contributed by atoms with Gasteiger partial charge in [-0.2, -0.15) is 5.26 Å². The third-order valence-corrected chi connectivity index (χ3v) is 4.56. The Morgan fingerprint density at radius 2 is 1.95 bits per heavy atom. The largest absolute Gasteiger partial charge is 0.326 e. The van der Waals surface area contributed by atoms with Crippen LogP contribution in [-0.2, 0) is 6.54 Å². The highest BCUT2D eigenvalue weighted by Crippen LogP contribution is 2.33. The molecule has 1 atom stereocenters. The molecule has 3 rings (SSSR count). The number of nitrogens with zero attached hydrogens (tertiary/aromatic N) is 4. The van der Waals surface area contributed by atoms with Gasteiger partial charge in [0, 0.05) is 6.54 Å². The number of benzene rings is 1. The molecule has 4 heteroatoms. The summed E-state index contributed by atoms with van der Waals surface area (Å²) in [5, 5.41) is 8.99. The quantitative estimate of drug-likeness (QED) is 0.844. The van der Waals surface area contributed by atoms with E-state index in [2.05, 4.69) is 47.6 Å². The van der Waals surface area contributed by atoms with Gasteiger partial charge in [-0.1, -0.05) is 26.0 Å². The molecule has 1 aliphatic rings. The molecule has 0 aliphatic carbocycles. The molecule has 1 unspecified atom stereocenters. The topological polar surface area (TPSA) is 44.9 Å². The third kappa shape index (κ3) is 2.74. The first-order chi connectivity index (χ1) is 10.7. The summed E-state index contributed by atoms with van der Waals surface area (Å²) >= 11 is 0. The van der Waals surface area contributed by atoms with Crippen molar-refractivity contribution in [1.82, 2.24) is 14.5 Å². The Balaban J connectivity index is 2.08. The van der Waals surface area contributed by atoms with Gasteiger partial charge < -0.3 is 4.57 Å². The smallest absolute Gasteiger partial charge is 0.127 e. The van der Waals surface area contributed by atoms with E-state index in [1.165, 1.54) is 12.8 Å². The highest BCUT2D eigenvalue weighted by atomic mass is 15.2. The minimum absolute atomic E-state index is 0.341. The highest BCUT2D eigenvalue weighted by molar-refractivity contribution is 5.76. The molecule has 0 spiro atoms. The van der Waals surface area contributed by atoms with Crippen LogP contribution in [0, 0.1) is 17.2 Å². The first-order valence-corrected chi connectivity index (χ1v) is 8.28. The fourth-order valence-corrected chi connectivity index (χ4v) is 3.62. The summed E-state index contributed by atoms with van der Waals surface area (Å²) in [7, 11) is 0. The zero-order chi connectivity index (χ0) is 15.5. The minimum atomic E-state index is 0.341. The van der Waals surface area contributed by atoms with Crippen LogP contribution in [0.4, 0.5) is 0 Å². The number of aromatic nitrogens is 2. The predicted octanol–water partition coefficient (Wildman–Crippen LogP) is 3.74. The number of para-hydroxylation sites is 2. The average Bonchev–Trinajstić information content (AvgIpc) is 3.13. The molecule has 0 N–H and O–H groups in total. The molecule has 0 amide bonds. The lowest BCUT2D eigenvalue weighted by molar-refractivity contribution is 0.180. The molecular weight excluding hydrogens is 272 g/mol. The van der Waals surface area contributed by atoms with Crippen LogP contribution in [0.3, 0.4) is 0 Å². The minimum Gasteiger partial charge on any atom is -0.326 e. The van der Waals surface area contributed by atoms with Crippen molar-refractivity contribution in [2.75, 3.05) is 13.1 Å². The van der Waals surface area contributed by atoms with E-state index < -0.39 is 0 Å². The molecule has 1 fully saturated rings. The Labute approximate surface area is 132 Å². The van der Waals surface area contributed by atoms with Gasteiger partial charge in [-0.25, -0.2) is 4.98 Å². The van der Waals surface area contributed by atoms with Crippen molar-refractivity contribution in [3.8, 4) is 6.07 Å². The molecule has 116 valence electrons. The van der Waals surface area contributed by atoms with Crippen molar-refractivity contribution in [2.24, 2.45) is 5.92 Å². The number of nitriles is 1. The van der Waals surface area contributed by atoms with Gasteiger partial charge in [-0.3, -0.25) is 4.90 Å². The van der Waals surface area contributed by atoms with Crippen molar-refractivity contribution < 1.29 is 0 Å². The molecular formula is C18H24N4. The summed E-state index contributed by atoms with van der Waals surface area (Å²) < 4.78 is 2.27. The maximum atomic E-state index is 8.99. The molecule has 0 bridgehead atoms. The second kappa shape index (κ2) is 6.50. The fraction of sp³-hybridized carbons (Fsp3) is 0.556. The van der Waals surface area contributed by atoms with Crippen LogP contribution in [0.1, 0.15) is 45.0 Å². The normalized spacial score (nSPS) is 17.2. The Hall–Kier alpha value is -1.86. The number of likely N-dealkylation sites (tertiary alicyclic amines) is 1. The number of imidazole rings is 1. The third-order valence-electron chi connectivity index (χ3n) is 4.56. The zero-order valence-corrected chi connectivity index (χ0v) is 13.5. The molecule has 1 saturated heterocycles. The second-order valence-corrected chi connectivity index (χ2v) is 6.45. The fourth-order valence-electron chi connectivity index (χ4n) is 3.62. The van der Waals surface area contributed by atoms with Gasteiger partial charge in [0.1, 0.15) is 5.82 Å². The molecule has 1 aromatic carbocycles. The first kappa shape index (κ1) is 15.1. The van der Waals surface area contributed by atoms with Crippen LogP contribution in [0.25, 0.3) is 11.0 Å². The predicted molar refractivity (Wildman–Crippen MR) is 88.3 cm³/mol. The lowest BCUT2D eigenvalue weighted by Crippen LogP contribution is -2.31. The summed E-state index contributed by atoms with van der Waals surface area (Å²) in [6, 6.07) is 10.9. The Morgan fingerprint density at radius 1 is 1.23 bits per heavy atom. The van der Waals surface area contributed by atoms with Gasteiger partial charge in [0.05, 0.1) is 29.6 Å². The molecule has 2 aromatic rings. The van der Waals surface area contributed by atoms with E-state index in [-0.39, 0.29) is 0 Å². The number of aryl methyl sites for hydroxylation is 1. The van der Waals surface area contributed by atoms with E-state index in [9.17, 15) is 0 Å². The Kier molecular flexibility index (Phi) is 4.44. The van der Waals surface area contributed by atoms with Gasteiger partial charge in [-0.15, -0.1) is 0 Å². The van der Waals surface area contributed by atoms with Gasteiger partial charge >= 0.3 is 0 Å². The van der Waals surface area contributed by atoms with Crippen LogP contribution in [0.2, 0.25) is 0 Å². The summed E-state index contributed by atoms with van der Waals surface area (Å²) in [5.74, 6) is 1.64. The number of rotatable bonds is 5. The van der Waals surface area contributed by atoms with E-state index in [4.69, 9.17) is 10.2 Å². The Morgan fingerprint density at radius 3 is 2.64 bits per heavy atom. The molecule has 1 aromatic heterocycles. The van der Waals surface area contributed by atoms with Gasteiger partial charge in [0.25, 0.3) is 0 Å². The molecule has 0 radical (unpaired) electrons. The zero-order valence-electron chi connectivity index (χ0n) is 13.5. The lowest BCUT2D eigenvalue weighted by atomic mass is 10.0. The summed E-state index contributed by atoms with van der Waals surface area (Å²) in [6.45, 7) is 7.59. The molecule has 22 heavy (non-hydrogen) atoms. The Bertz CT molecular complexity index is 674. The van der Waals surface area contributed by atoms with E-state index >= 15 is 0 Å². The maximum Gasteiger partial charge on any atom is 0.127 e.